The molecule has 0 unspecified atom stereocenters. The largest absolute Gasteiger partial charge is 0.369 e. The smallest absolute Gasteiger partial charge is 0.211 e. The van der Waals surface area contributed by atoms with Crippen molar-refractivity contribution in [3.8, 4) is 6.07 Å². The Morgan fingerprint density at radius 3 is 2.33 bits per heavy atom. The van der Waals surface area contributed by atoms with E-state index in [2.05, 4.69) is 10.2 Å². The maximum Gasteiger partial charge on any atom is 0.211 e. The molecule has 4 N–H and O–H groups in total. The second-order valence-corrected chi connectivity index (χ2v) is 3.47. The molecule has 0 aromatic heterocycles. The van der Waals surface area contributed by atoms with E-state index < -0.39 is 0 Å². The monoisotopic (exact) mass is 285 g/mol. The lowest BCUT2D eigenvalue weighted by Gasteiger charge is -2.01. The van der Waals surface area contributed by atoms with Gasteiger partial charge < -0.3 is 11.5 Å². The topological polar surface area (TPSA) is 101 Å². The fourth-order valence-electron chi connectivity index (χ4n) is 0.931. The lowest BCUT2D eigenvalue weighted by Crippen LogP contribution is -2.22. The Morgan fingerprint density at radius 2 is 1.83 bits per heavy atom. The highest BCUT2D eigenvalue weighted by Gasteiger charge is 2.10. The van der Waals surface area contributed by atoms with E-state index in [9.17, 15) is 0 Å². The van der Waals surface area contributed by atoms with E-state index in [0.29, 0.717) is 10.6 Å². The molecule has 0 saturated carbocycles. The summed E-state index contributed by atoms with van der Waals surface area (Å²) in [6.45, 7) is 4.00. The summed E-state index contributed by atoms with van der Waals surface area (Å²) in [7, 11) is 0. The van der Waals surface area contributed by atoms with Gasteiger partial charge in [-0.3, -0.25) is 0 Å². The number of rotatable bonds is 2. The summed E-state index contributed by atoms with van der Waals surface area (Å²) < 4.78 is 0. The molecule has 0 amide bonds. The molecule has 0 fully saturated rings. The van der Waals surface area contributed by atoms with Gasteiger partial charge in [0.05, 0.1) is 10.0 Å². The molecule has 0 aliphatic rings. The standard InChI is InChI=1S/C9H7Cl2N5.C2H6/c10-6-3-1-2-5(8(6)11)7(4-12)15-16-9(13)14;1-2/h1-3H,(H4,13,14,16);1-2H3/b15-7+;. The van der Waals surface area contributed by atoms with E-state index in [4.69, 9.17) is 39.9 Å². The van der Waals surface area contributed by atoms with Gasteiger partial charge in [0.1, 0.15) is 6.07 Å². The van der Waals surface area contributed by atoms with Crippen molar-refractivity contribution in [2.24, 2.45) is 21.7 Å². The number of nitrogens with zero attached hydrogens (tertiary/aromatic N) is 3. The van der Waals surface area contributed by atoms with Crippen molar-refractivity contribution in [3.05, 3.63) is 33.8 Å². The minimum absolute atomic E-state index is 0.0131. The Hall–Kier alpha value is -1.77. The molecule has 0 bridgehead atoms. The minimum Gasteiger partial charge on any atom is -0.369 e. The highest BCUT2D eigenvalue weighted by molar-refractivity contribution is 6.44. The fourth-order valence-corrected chi connectivity index (χ4v) is 1.32. The summed E-state index contributed by atoms with van der Waals surface area (Å²) >= 11 is 11.7. The van der Waals surface area contributed by atoms with Gasteiger partial charge in [-0.15, -0.1) is 10.2 Å². The van der Waals surface area contributed by atoms with Crippen LogP contribution in [0.5, 0.6) is 0 Å². The third-order valence-electron chi connectivity index (χ3n) is 1.58. The van der Waals surface area contributed by atoms with E-state index in [1.165, 1.54) is 0 Å². The molecule has 0 aliphatic carbocycles. The lowest BCUT2D eigenvalue weighted by atomic mass is 10.1. The zero-order valence-electron chi connectivity index (χ0n) is 9.98. The lowest BCUT2D eigenvalue weighted by molar-refractivity contribution is 1.20. The van der Waals surface area contributed by atoms with Crippen LogP contribution in [-0.4, -0.2) is 11.7 Å². The van der Waals surface area contributed by atoms with Crippen LogP contribution in [0, 0.1) is 11.3 Å². The molecule has 18 heavy (non-hydrogen) atoms. The first-order valence-electron chi connectivity index (χ1n) is 5.07. The van der Waals surface area contributed by atoms with E-state index >= 15 is 0 Å². The van der Waals surface area contributed by atoms with Crippen molar-refractivity contribution >= 4 is 34.9 Å². The first-order chi connectivity index (χ1) is 8.56. The number of nitriles is 1. The normalized spacial score (nSPS) is 9.83. The summed E-state index contributed by atoms with van der Waals surface area (Å²) in [5.41, 5.74) is 10.6. The van der Waals surface area contributed by atoms with Crippen molar-refractivity contribution in [1.29, 1.82) is 5.26 Å². The Balaban J connectivity index is 0.00000137. The summed E-state index contributed by atoms with van der Waals surface area (Å²) in [6.07, 6.45) is 0. The van der Waals surface area contributed by atoms with Gasteiger partial charge in [-0.05, 0) is 6.07 Å². The van der Waals surface area contributed by atoms with Crippen molar-refractivity contribution in [2.75, 3.05) is 0 Å². The molecule has 0 heterocycles. The third kappa shape index (κ3) is 4.62. The molecular weight excluding hydrogens is 273 g/mol. The number of benzene rings is 1. The molecular formula is C11H13Cl2N5. The van der Waals surface area contributed by atoms with Crippen LogP contribution in [0.4, 0.5) is 0 Å². The summed E-state index contributed by atoms with van der Waals surface area (Å²) in [5.74, 6) is -0.245. The maximum absolute atomic E-state index is 8.87. The molecule has 96 valence electrons. The first kappa shape index (κ1) is 16.2. The van der Waals surface area contributed by atoms with Gasteiger partial charge >= 0.3 is 0 Å². The van der Waals surface area contributed by atoms with Crippen LogP contribution < -0.4 is 11.5 Å². The van der Waals surface area contributed by atoms with Gasteiger partial charge in [0.2, 0.25) is 5.96 Å². The average molecular weight is 286 g/mol. The van der Waals surface area contributed by atoms with Crippen LogP contribution in [0.1, 0.15) is 19.4 Å². The van der Waals surface area contributed by atoms with E-state index in [1.807, 2.05) is 19.9 Å². The van der Waals surface area contributed by atoms with Crippen molar-refractivity contribution in [1.82, 2.24) is 0 Å². The molecule has 1 rings (SSSR count). The molecule has 0 aliphatic heterocycles. The second-order valence-electron chi connectivity index (χ2n) is 2.69. The molecule has 1 aromatic carbocycles. The highest BCUT2D eigenvalue weighted by atomic mass is 35.5. The fraction of sp³-hybridized carbons (Fsp3) is 0.182. The van der Waals surface area contributed by atoms with Crippen LogP contribution in [0.3, 0.4) is 0 Å². The van der Waals surface area contributed by atoms with Crippen molar-refractivity contribution in [2.45, 2.75) is 13.8 Å². The Bertz CT molecular complexity index is 499. The van der Waals surface area contributed by atoms with Crippen molar-refractivity contribution in [3.63, 3.8) is 0 Å². The predicted molar refractivity (Wildman–Crippen MR) is 75.8 cm³/mol. The van der Waals surface area contributed by atoms with E-state index in [1.54, 1.807) is 18.2 Å². The number of halogens is 2. The first-order valence-corrected chi connectivity index (χ1v) is 5.83. The second kappa shape index (κ2) is 8.34. The zero-order chi connectivity index (χ0) is 14.1. The summed E-state index contributed by atoms with van der Waals surface area (Å²) in [4.78, 5) is 0. The summed E-state index contributed by atoms with van der Waals surface area (Å²) in [6, 6.07) is 6.67. The predicted octanol–water partition coefficient (Wildman–Crippen LogP) is 2.52. The number of guanidine groups is 1. The SMILES string of the molecule is CC.N#C/C(=N\N=C(N)N)c1cccc(Cl)c1Cl. The molecule has 0 atom stereocenters. The van der Waals surface area contributed by atoms with Gasteiger partial charge in [-0.1, -0.05) is 49.2 Å². The van der Waals surface area contributed by atoms with Crippen LogP contribution >= 0.6 is 23.2 Å². The Kier molecular flexibility index (Phi) is 7.52. The van der Waals surface area contributed by atoms with Gasteiger partial charge in [-0.2, -0.15) is 5.26 Å². The molecule has 7 heteroatoms. The molecule has 1 aromatic rings. The molecule has 5 nitrogen and oxygen atoms in total. The average Bonchev–Trinajstić information content (AvgIpc) is 2.37. The van der Waals surface area contributed by atoms with Crippen molar-refractivity contribution < 1.29 is 0 Å². The number of nitrogens with two attached hydrogens (primary N) is 2. The van der Waals surface area contributed by atoms with Gasteiger partial charge in [0.15, 0.2) is 5.71 Å². The Labute approximate surface area is 116 Å². The summed E-state index contributed by atoms with van der Waals surface area (Å²) in [5, 5.41) is 16.4. The maximum atomic E-state index is 8.87. The zero-order valence-corrected chi connectivity index (χ0v) is 11.5. The number of hydrogen-bond acceptors (Lipinski definition) is 3. The highest BCUT2D eigenvalue weighted by Crippen LogP contribution is 2.25. The molecule has 0 radical (unpaired) electrons. The van der Waals surface area contributed by atoms with Crippen LogP contribution in [0.15, 0.2) is 28.4 Å². The quantitative estimate of drug-likeness (QED) is 0.496. The third-order valence-corrected chi connectivity index (χ3v) is 2.40. The van der Waals surface area contributed by atoms with Gasteiger partial charge in [0.25, 0.3) is 0 Å². The minimum atomic E-state index is -0.245. The van der Waals surface area contributed by atoms with Crippen LogP contribution in [0.2, 0.25) is 10.0 Å². The van der Waals surface area contributed by atoms with E-state index in [0.717, 1.165) is 0 Å². The van der Waals surface area contributed by atoms with E-state index in [-0.39, 0.29) is 16.7 Å². The molecule has 0 spiro atoms. The van der Waals surface area contributed by atoms with Gasteiger partial charge in [-0.25, -0.2) is 0 Å². The van der Waals surface area contributed by atoms with Crippen LogP contribution in [-0.2, 0) is 0 Å². The van der Waals surface area contributed by atoms with Gasteiger partial charge in [0, 0.05) is 5.56 Å². The number of hydrogen-bond donors (Lipinski definition) is 2. The van der Waals surface area contributed by atoms with Crippen LogP contribution in [0.25, 0.3) is 0 Å². The molecule has 0 saturated heterocycles. The Morgan fingerprint density at radius 1 is 1.22 bits per heavy atom.